The van der Waals surface area contributed by atoms with Crippen molar-refractivity contribution in [3.05, 3.63) is 76.8 Å². The van der Waals surface area contributed by atoms with Gasteiger partial charge in [0, 0.05) is 7.11 Å². The minimum atomic E-state index is -0.371. The molecule has 0 aliphatic rings. The van der Waals surface area contributed by atoms with Gasteiger partial charge < -0.3 is 10.1 Å². The number of rotatable bonds is 6. The zero-order valence-corrected chi connectivity index (χ0v) is 15.3. The third-order valence-electron chi connectivity index (χ3n) is 3.89. The minimum absolute atomic E-state index is 0.0828. The lowest BCUT2D eigenvalue weighted by Crippen LogP contribution is -2.32. The van der Waals surface area contributed by atoms with Gasteiger partial charge in [0.1, 0.15) is 5.82 Å². The van der Waals surface area contributed by atoms with E-state index in [1.54, 1.807) is 24.8 Å². The van der Waals surface area contributed by atoms with E-state index >= 15 is 0 Å². The summed E-state index contributed by atoms with van der Waals surface area (Å²) in [5.41, 5.74) is 1.62. The maximum absolute atomic E-state index is 12.6. The average molecular weight is 371 g/mol. The number of amides is 1. The van der Waals surface area contributed by atoms with E-state index in [9.17, 15) is 4.79 Å². The molecule has 1 atom stereocenters. The van der Waals surface area contributed by atoms with E-state index in [4.69, 9.17) is 16.3 Å². The molecule has 0 saturated carbocycles. The largest absolute Gasteiger partial charge is 0.382 e. The number of nitrogens with one attached hydrogen (secondary N) is 1. The number of hydrogen-bond acceptors (Lipinski definition) is 4. The second-order valence-electron chi connectivity index (χ2n) is 5.74. The molecule has 1 amide bonds. The van der Waals surface area contributed by atoms with Crippen molar-refractivity contribution >= 4 is 17.5 Å². The van der Waals surface area contributed by atoms with Crippen LogP contribution < -0.4 is 5.32 Å². The summed E-state index contributed by atoms with van der Waals surface area (Å²) in [7, 11) is 1.59. The Morgan fingerprint density at radius 3 is 2.58 bits per heavy atom. The molecule has 1 N–H and O–H groups in total. The van der Waals surface area contributed by atoms with Gasteiger partial charge in [-0.05, 0) is 24.6 Å². The Kier molecular flexibility index (Phi) is 5.65. The number of methoxy groups -OCH3 is 1. The first kappa shape index (κ1) is 18.1. The molecule has 0 aliphatic carbocycles. The van der Waals surface area contributed by atoms with Crippen molar-refractivity contribution in [1.29, 1.82) is 0 Å². The molecule has 0 radical (unpaired) electrons. The monoisotopic (exact) mass is 370 g/mol. The number of ether oxygens (including phenoxy) is 1. The van der Waals surface area contributed by atoms with E-state index < -0.39 is 0 Å². The van der Waals surface area contributed by atoms with Gasteiger partial charge in [0.2, 0.25) is 5.82 Å². The Bertz CT molecular complexity index is 896. The molecule has 134 valence electrons. The fraction of sp³-hybridized carbons (Fsp3) is 0.211. The molecule has 6 nitrogen and oxygen atoms in total. The van der Waals surface area contributed by atoms with E-state index in [2.05, 4.69) is 15.4 Å². The van der Waals surface area contributed by atoms with Crippen molar-refractivity contribution in [3.8, 4) is 5.69 Å². The van der Waals surface area contributed by atoms with E-state index in [0.717, 1.165) is 5.56 Å². The first-order valence-electron chi connectivity index (χ1n) is 8.13. The van der Waals surface area contributed by atoms with Gasteiger partial charge in [-0.15, -0.1) is 5.10 Å². The SMILES string of the molecule is COC[C@@H](NC(=O)c1nc(C)n(-c2ccccc2Cl)n1)c1ccccc1. The summed E-state index contributed by atoms with van der Waals surface area (Å²) < 4.78 is 6.79. The summed E-state index contributed by atoms with van der Waals surface area (Å²) in [6.45, 7) is 2.12. The third-order valence-corrected chi connectivity index (χ3v) is 4.21. The molecular weight excluding hydrogens is 352 g/mol. The Hall–Kier alpha value is -2.70. The maximum atomic E-state index is 12.6. The van der Waals surface area contributed by atoms with Crippen molar-refractivity contribution in [1.82, 2.24) is 20.1 Å². The highest BCUT2D eigenvalue weighted by Gasteiger charge is 2.20. The molecule has 0 fully saturated rings. The number of halogens is 1. The highest BCUT2D eigenvalue weighted by molar-refractivity contribution is 6.32. The van der Waals surface area contributed by atoms with E-state index in [1.807, 2.05) is 48.5 Å². The van der Waals surface area contributed by atoms with Crippen molar-refractivity contribution in [2.75, 3.05) is 13.7 Å². The van der Waals surface area contributed by atoms with E-state index in [1.165, 1.54) is 0 Å². The number of para-hydroxylation sites is 1. The van der Waals surface area contributed by atoms with Gasteiger partial charge in [0.15, 0.2) is 0 Å². The van der Waals surface area contributed by atoms with Crippen LogP contribution in [0.5, 0.6) is 0 Å². The molecule has 1 aromatic heterocycles. The minimum Gasteiger partial charge on any atom is -0.382 e. The van der Waals surface area contributed by atoms with E-state index in [0.29, 0.717) is 23.1 Å². The van der Waals surface area contributed by atoms with Gasteiger partial charge in [0.05, 0.1) is 23.4 Å². The molecule has 0 aliphatic heterocycles. The average Bonchev–Trinajstić information content (AvgIpc) is 3.04. The summed E-state index contributed by atoms with van der Waals surface area (Å²) in [6.07, 6.45) is 0. The van der Waals surface area contributed by atoms with Crippen LogP contribution in [0.15, 0.2) is 54.6 Å². The summed E-state index contributed by atoms with van der Waals surface area (Å²) in [4.78, 5) is 16.9. The predicted octanol–water partition coefficient (Wildman–Crippen LogP) is 3.35. The number of aryl methyl sites for hydroxylation is 1. The first-order chi connectivity index (χ1) is 12.6. The smallest absolute Gasteiger partial charge is 0.291 e. The molecule has 1 heterocycles. The van der Waals surface area contributed by atoms with E-state index in [-0.39, 0.29) is 17.8 Å². The van der Waals surface area contributed by atoms with Crippen LogP contribution in [0.4, 0.5) is 0 Å². The van der Waals surface area contributed by atoms with Gasteiger partial charge in [-0.1, -0.05) is 54.1 Å². The van der Waals surface area contributed by atoms with Gasteiger partial charge in [0.25, 0.3) is 5.91 Å². The second-order valence-corrected chi connectivity index (χ2v) is 6.15. The van der Waals surface area contributed by atoms with Crippen molar-refractivity contribution in [2.24, 2.45) is 0 Å². The van der Waals surface area contributed by atoms with Crippen molar-refractivity contribution in [3.63, 3.8) is 0 Å². The zero-order chi connectivity index (χ0) is 18.5. The molecular formula is C19H19ClN4O2. The molecule has 0 unspecified atom stereocenters. The number of benzene rings is 2. The fourth-order valence-corrected chi connectivity index (χ4v) is 2.85. The van der Waals surface area contributed by atoms with Gasteiger partial charge in [-0.25, -0.2) is 9.67 Å². The van der Waals surface area contributed by atoms with Crippen LogP contribution >= 0.6 is 11.6 Å². The maximum Gasteiger partial charge on any atom is 0.291 e. The highest BCUT2D eigenvalue weighted by Crippen LogP contribution is 2.20. The molecule has 0 bridgehead atoms. The second kappa shape index (κ2) is 8.12. The van der Waals surface area contributed by atoms with Crippen LogP contribution in [0, 0.1) is 6.92 Å². The van der Waals surface area contributed by atoms with Crippen LogP contribution in [-0.4, -0.2) is 34.4 Å². The Morgan fingerprint density at radius 2 is 1.88 bits per heavy atom. The number of hydrogen-bond donors (Lipinski definition) is 1. The molecule has 26 heavy (non-hydrogen) atoms. The molecule has 7 heteroatoms. The topological polar surface area (TPSA) is 69.0 Å². The van der Waals surface area contributed by atoms with Crippen LogP contribution in [-0.2, 0) is 4.74 Å². The van der Waals surface area contributed by atoms with Crippen molar-refractivity contribution < 1.29 is 9.53 Å². The van der Waals surface area contributed by atoms with Gasteiger partial charge >= 0.3 is 0 Å². The standard InChI is InChI=1S/C19H19ClN4O2/c1-13-21-18(23-24(13)17-11-7-6-10-15(17)20)19(25)22-16(12-26-2)14-8-4-3-5-9-14/h3-11,16H,12H2,1-2H3,(H,22,25)/t16-/m1/s1. The highest BCUT2D eigenvalue weighted by atomic mass is 35.5. The zero-order valence-electron chi connectivity index (χ0n) is 14.5. The Balaban J connectivity index is 1.84. The number of carbonyl (C=O) groups excluding carboxylic acids is 1. The molecule has 0 spiro atoms. The van der Waals surface area contributed by atoms with Crippen molar-refractivity contribution in [2.45, 2.75) is 13.0 Å². The summed E-state index contributed by atoms with van der Waals surface area (Å²) >= 11 is 6.22. The first-order valence-corrected chi connectivity index (χ1v) is 8.51. The lowest BCUT2D eigenvalue weighted by molar-refractivity contribution is 0.0886. The number of nitrogens with zero attached hydrogens (tertiary/aromatic N) is 3. The summed E-state index contributed by atoms with van der Waals surface area (Å²) in [6, 6.07) is 16.6. The van der Waals surface area contributed by atoms with Crippen LogP contribution in [0.25, 0.3) is 5.69 Å². The molecule has 3 aromatic rings. The lowest BCUT2D eigenvalue weighted by Gasteiger charge is -2.17. The Labute approximate surface area is 156 Å². The third kappa shape index (κ3) is 3.92. The summed E-state index contributed by atoms with van der Waals surface area (Å²) in [5.74, 6) is 0.288. The predicted molar refractivity (Wildman–Crippen MR) is 99.6 cm³/mol. The quantitative estimate of drug-likeness (QED) is 0.722. The molecule has 3 rings (SSSR count). The number of aromatic nitrogens is 3. The lowest BCUT2D eigenvalue weighted by atomic mass is 10.1. The van der Waals surface area contributed by atoms with Crippen LogP contribution in [0.2, 0.25) is 5.02 Å². The number of carbonyl (C=O) groups is 1. The molecule has 0 saturated heterocycles. The van der Waals surface area contributed by atoms with Crippen LogP contribution in [0.3, 0.4) is 0 Å². The normalized spacial score (nSPS) is 12.0. The van der Waals surface area contributed by atoms with Crippen LogP contribution in [0.1, 0.15) is 28.0 Å². The van der Waals surface area contributed by atoms with Gasteiger partial charge in [-0.3, -0.25) is 4.79 Å². The molecule has 2 aromatic carbocycles. The van der Waals surface area contributed by atoms with Gasteiger partial charge in [-0.2, -0.15) is 0 Å². The summed E-state index contributed by atoms with van der Waals surface area (Å²) in [5, 5.41) is 7.77. The Morgan fingerprint density at radius 1 is 1.19 bits per heavy atom. The fourth-order valence-electron chi connectivity index (χ4n) is 2.63.